The van der Waals surface area contributed by atoms with Crippen LogP contribution in [0.3, 0.4) is 0 Å². The van der Waals surface area contributed by atoms with Gasteiger partial charge in [-0.2, -0.15) is 0 Å². The highest BCUT2D eigenvalue weighted by Gasteiger charge is 2.35. The van der Waals surface area contributed by atoms with E-state index in [1.807, 2.05) is 47.8 Å². The molecular formula is C30H20ClN3O6S2. The molecule has 12 heteroatoms. The number of aromatic nitrogens is 1. The van der Waals surface area contributed by atoms with Crippen molar-refractivity contribution in [3.63, 3.8) is 0 Å². The van der Waals surface area contributed by atoms with Crippen molar-refractivity contribution < 1.29 is 18.9 Å². The summed E-state index contributed by atoms with van der Waals surface area (Å²) in [6.45, 7) is 1.90. The number of fused-ring (bicyclic) bond motifs is 1. The summed E-state index contributed by atoms with van der Waals surface area (Å²) >= 11 is 8.89. The Kier molecular flexibility index (Phi) is 7.46. The summed E-state index contributed by atoms with van der Waals surface area (Å²) < 4.78 is 13.2. The third-order valence-corrected chi connectivity index (χ3v) is 8.75. The van der Waals surface area contributed by atoms with Crippen LogP contribution in [0.2, 0.25) is 5.02 Å². The summed E-state index contributed by atoms with van der Waals surface area (Å²) in [6.07, 6.45) is 1.58. The summed E-state index contributed by atoms with van der Waals surface area (Å²) in [4.78, 5) is 44.1. The Bertz CT molecular complexity index is 2040. The lowest BCUT2D eigenvalue weighted by atomic mass is 9.97. The molecule has 9 nitrogen and oxygen atoms in total. The van der Waals surface area contributed by atoms with Crippen molar-refractivity contribution in [3.05, 3.63) is 135 Å². The van der Waals surface area contributed by atoms with Gasteiger partial charge in [0, 0.05) is 34.2 Å². The standard InChI is InChI=1S/C30H20ClN3O6S2/c1-2-39-29(36)25-26(17-7-4-3-5-8-17)32-30-33(27(25)23-9-6-14-41-23)28(35)24(42-30)16-19-11-13-22(40-19)20-15-18(34(37)38)10-12-21(20)31/h3-16,27H,2H2,1H3. The number of rotatable bonds is 7. The van der Waals surface area contributed by atoms with Crippen molar-refractivity contribution in [2.24, 2.45) is 4.99 Å². The van der Waals surface area contributed by atoms with E-state index in [0.29, 0.717) is 32.1 Å². The molecule has 0 aliphatic carbocycles. The fourth-order valence-corrected chi connectivity index (χ4v) is 6.69. The fraction of sp³-hybridized carbons (Fsp3) is 0.100. The molecule has 2 aromatic carbocycles. The number of ether oxygens (including phenoxy) is 1. The van der Waals surface area contributed by atoms with Crippen LogP contribution in [0.4, 0.5) is 5.69 Å². The number of non-ortho nitro benzene ring substituents is 1. The smallest absolute Gasteiger partial charge is 0.338 e. The molecule has 3 aromatic heterocycles. The minimum Gasteiger partial charge on any atom is -0.463 e. The number of nitro groups is 1. The number of hydrogen-bond donors (Lipinski definition) is 0. The van der Waals surface area contributed by atoms with Crippen LogP contribution in [0.5, 0.6) is 0 Å². The summed E-state index contributed by atoms with van der Waals surface area (Å²) in [7, 11) is 0. The maximum Gasteiger partial charge on any atom is 0.338 e. The van der Waals surface area contributed by atoms with Crippen molar-refractivity contribution in [1.29, 1.82) is 0 Å². The molecule has 0 saturated carbocycles. The molecule has 210 valence electrons. The van der Waals surface area contributed by atoms with Gasteiger partial charge in [-0.1, -0.05) is 59.3 Å². The minimum absolute atomic E-state index is 0.124. The number of esters is 1. The van der Waals surface area contributed by atoms with Crippen LogP contribution in [-0.4, -0.2) is 22.1 Å². The zero-order valence-corrected chi connectivity index (χ0v) is 24.2. The molecule has 42 heavy (non-hydrogen) atoms. The van der Waals surface area contributed by atoms with Gasteiger partial charge in [0.05, 0.1) is 32.4 Å². The normalized spacial score (nSPS) is 14.9. The first kappa shape index (κ1) is 27.6. The van der Waals surface area contributed by atoms with Gasteiger partial charge in [-0.15, -0.1) is 11.3 Å². The van der Waals surface area contributed by atoms with Crippen LogP contribution in [0, 0.1) is 10.1 Å². The molecule has 1 unspecified atom stereocenters. The Morgan fingerprint density at radius 3 is 2.69 bits per heavy atom. The Hall–Kier alpha value is -4.58. The van der Waals surface area contributed by atoms with E-state index in [2.05, 4.69) is 0 Å². The third kappa shape index (κ3) is 5.02. The van der Waals surface area contributed by atoms with E-state index in [4.69, 9.17) is 25.7 Å². The van der Waals surface area contributed by atoms with E-state index in [0.717, 1.165) is 10.4 Å². The van der Waals surface area contributed by atoms with Gasteiger partial charge in [0.2, 0.25) is 0 Å². The second-order valence-electron chi connectivity index (χ2n) is 9.07. The van der Waals surface area contributed by atoms with E-state index in [1.165, 1.54) is 45.4 Å². The maximum atomic E-state index is 13.9. The third-order valence-electron chi connectivity index (χ3n) is 6.51. The Labute approximate surface area is 251 Å². The van der Waals surface area contributed by atoms with E-state index in [-0.39, 0.29) is 28.4 Å². The summed E-state index contributed by atoms with van der Waals surface area (Å²) in [5.74, 6) is 0.117. The van der Waals surface area contributed by atoms with E-state index in [9.17, 15) is 19.7 Å². The molecule has 0 spiro atoms. The fourth-order valence-electron chi connectivity index (χ4n) is 4.68. The highest BCUT2D eigenvalue weighted by molar-refractivity contribution is 7.10. The Morgan fingerprint density at radius 2 is 1.98 bits per heavy atom. The number of furan rings is 1. The number of benzene rings is 2. The molecule has 6 rings (SSSR count). The van der Waals surface area contributed by atoms with Gasteiger partial charge in [-0.25, -0.2) is 9.79 Å². The first-order valence-electron chi connectivity index (χ1n) is 12.7. The van der Waals surface area contributed by atoms with Gasteiger partial charge in [0.25, 0.3) is 11.2 Å². The highest BCUT2D eigenvalue weighted by Crippen LogP contribution is 2.37. The van der Waals surface area contributed by atoms with Gasteiger partial charge in [0.1, 0.15) is 17.6 Å². The number of carbonyl (C=O) groups excluding carboxylic acids is 1. The Balaban J connectivity index is 1.52. The molecular weight excluding hydrogens is 598 g/mol. The largest absolute Gasteiger partial charge is 0.463 e. The van der Waals surface area contributed by atoms with Crippen molar-refractivity contribution in [1.82, 2.24) is 4.57 Å². The molecule has 0 N–H and O–H groups in total. The minimum atomic E-state index is -0.742. The molecule has 1 aliphatic rings. The summed E-state index contributed by atoms with van der Waals surface area (Å²) in [5.41, 5.74) is 1.34. The van der Waals surface area contributed by atoms with E-state index in [1.54, 1.807) is 25.1 Å². The van der Waals surface area contributed by atoms with E-state index >= 15 is 0 Å². The lowest BCUT2D eigenvalue weighted by Gasteiger charge is -2.24. The topological polar surface area (TPSA) is 117 Å². The lowest BCUT2D eigenvalue weighted by molar-refractivity contribution is -0.384. The summed E-state index contributed by atoms with van der Waals surface area (Å²) in [6, 6.07) is 19.7. The van der Waals surface area contributed by atoms with Gasteiger partial charge in [0.15, 0.2) is 4.80 Å². The molecule has 0 radical (unpaired) electrons. The van der Waals surface area contributed by atoms with Crippen LogP contribution in [0.15, 0.2) is 98.0 Å². The molecule has 0 fully saturated rings. The molecule has 1 atom stereocenters. The number of thiophene rings is 1. The first-order chi connectivity index (χ1) is 20.4. The van der Waals surface area contributed by atoms with Gasteiger partial charge in [-0.05, 0) is 36.6 Å². The number of hydrogen-bond acceptors (Lipinski definition) is 9. The van der Waals surface area contributed by atoms with Crippen molar-refractivity contribution in [2.45, 2.75) is 13.0 Å². The highest BCUT2D eigenvalue weighted by atomic mass is 35.5. The first-order valence-corrected chi connectivity index (χ1v) is 14.8. The molecule has 4 heterocycles. The quantitative estimate of drug-likeness (QED) is 0.129. The zero-order valence-electron chi connectivity index (χ0n) is 21.9. The number of nitrogens with zero attached hydrogens (tertiary/aromatic N) is 3. The average molecular weight is 618 g/mol. The average Bonchev–Trinajstić information content (AvgIpc) is 3.75. The van der Waals surface area contributed by atoms with Crippen LogP contribution < -0.4 is 14.9 Å². The van der Waals surface area contributed by atoms with Crippen LogP contribution in [0.1, 0.15) is 29.2 Å². The molecule has 5 aromatic rings. The van der Waals surface area contributed by atoms with Crippen LogP contribution in [-0.2, 0) is 9.53 Å². The zero-order chi connectivity index (χ0) is 29.4. The Morgan fingerprint density at radius 1 is 1.17 bits per heavy atom. The molecule has 0 saturated heterocycles. The SMILES string of the molecule is CCOC(=O)C1=C(c2ccccc2)N=c2sc(=Cc3ccc(-c4cc([N+](=O)[O-])ccc4Cl)o3)c(=O)n2C1c1cccs1. The predicted octanol–water partition coefficient (Wildman–Crippen LogP) is 5.82. The summed E-state index contributed by atoms with van der Waals surface area (Å²) in [5, 5.41) is 13.4. The maximum absolute atomic E-state index is 13.9. The molecule has 1 aliphatic heterocycles. The molecule has 0 bridgehead atoms. The van der Waals surface area contributed by atoms with E-state index < -0.39 is 16.9 Å². The predicted molar refractivity (Wildman–Crippen MR) is 161 cm³/mol. The van der Waals surface area contributed by atoms with Gasteiger partial charge < -0.3 is 9.15 Å². The molecule has 0 amide bonds. The van der Waals surface area contributed by atoms with Gasteiger partial charge in [-0.3, -0.25) is 19.5 Å². The number of thiazole rings is 1. The lowest BCUT2D eigenvalue weighted by Crippen LogP contribution is -2.39. The van der Waals surface area contributed by atoms with Crippen molar-refractivity contribution in [2.75, 3.05) is 6.61 Å². The number of nitro benzene ring substituents is 1. The van der Waals surface area contributed by atoms with Crippen LogP contribution >= 0.6 is 34.3 Å². The van der Waals surface area contributed by atoms with Crippen molar-refractivity contribution >= 4 is 57.7 Å². The second-order valence-corrected chi connectivity index (χ2v) is 11.5. The van der Waals surface area contributed by atoms with Crippen LogP contribution in [0.25, 0.3) is 23.1 Å². The number of carbonyl (C=O) groups is 1. The second kappa shape index (κ2) is 11.4. The monoisotopic (exact) mass is 617 g/mol. The van der Waals surface area contributed by atoms with Gasteiger partial charge >= 0.3 is 5.97 Å². The van der Waals surface area contributed by atoms with Crippen molar-refractivity contribution in [3.8, 4) is 11.3 Å². The number of halogens is 1.